The van der Waals surface area contributed by atoms with Gasteiger partial charge in [-0.3, -0.25) is 4.79 Å². The van der Waals surface area contributed by atoms with Crippen molar-refractivity contribution in [2.24, 2.45) is 0 Å². The van der Waals surface area contributed by atoms with Crippen LogP contribution in [-0.2, 0) is 0 Å². The molecule has 2 N–H and O–H groups in total. The van der Waals surface area contributed by atoms with Crippen LogP contribution in [0.5, 0.6) is 5.75 Å². The fourth-order valence-corrected chi connectivity index (χ4v) is 1.81. The van der Waals surface area contributed by atoms with E-state index in [0.717, 1.165) is 0 Å². The highest BCUT2D eigenvalue weighted by Gasteiger charge is 2.12. The molecule has 2 rings (SSSR count). The number of nitrogens with one attached hydrogen (secondary N) is 1. The summed E-state index contributed by atoms with van der Waals surface area (Å²) in [6.07, 6.45) is 0. The zero-order valence-electron chi connectivity index (χ0n) is 9.15. The molecule has 0 atom stereocenters. The topological polar surface area (TPSA) is 49.3 Å². The summed E-state index contributed by atoms with van der Waals surface area (Å²) in [7, 11) is 0. The van der Waals surface area contributed by atoms with Gasteiger partial charge >= 0.3 is 0 Å². The van der Waals surface area contributed by atoms with Crippen LogP contribution < -0.4 is 5.32 Å². The highest BCUT2D eigenvalue weighted by molar-refractivity contribution is 9.10. The summed E-state index contributed by atoms with van der Waals surface area (Å²) in [4.78, 5) is 11.8. The van der Waals surface area contributed by atoms with Crippen molar-refractivity contribution in [1.82, 2.24) is 0 Å². The van der Waals surface area contributed by atoms with Gasteiger partial charge in [-0.15, -0.1) is 0 Å². The molecule has 5 heteroatoms. The van der Waals surface area contributed by atoms with Crippen LogP contribution in [-0.4, -0.2) is 11.0 Å². The number of carbonyl (C=O) groups is 1. The summed E-state index contributed by atoms with van der Waals surface area (Å²) >= 11 is 3.19. The lowest BCUT2D eigenvalue weighted by Crippen LogP contribution is -2.13. The smallest absolute Gasteiger partial charge is 0.259 e. The first-order chi connectivity index (χ1) is 8.58. The summed E-state index contributed by atoms with van der Waals surface area (Å²) in [6, 6.07) is 10.3. The fraction of sp³-hybridized carbons (Fsp3) is 0. The number of phenols is 1. The van der Waals surface area contributed by atoms with E-state index in [2.05, 4.69) is 21.2 Å². The number of phenolic OH excluding ortho intramolecular Hbond substituents is 1. The molecule has 0 saturated heterocycles. The predicted molar refractivity (Wildman–Crippen MR) is 70.2 cm³/mol. The maximum atomic E-state index is 13.4. The van der Waals surface area contributed by atoms with E-state index in [1.165, 1.54) is 30.3 Å². The lowest BCUT2D eigenvalue weighted by molar-refractivity contribution is 0.102. The molecule has 92 valence electrons. The molecule has 0 aliphatic heterocycles. The Balaban J connectivity index is 2.27. The number of hydrogen-bond acceptors (Lipinski definition) is 2. The number of rotatable bonds is 2. The predicted octanol–water partition coefficient (Wildman–Crippen LogP) is 3.55. The van der Waals surface area contributed by atoms with E-state index >= 15 is 0 Å². The minimum absolute atomic E-state index is 0.0534. The van der Waals surface area contributed by atoms with Gasteiger partial charge < -0.3 is 10.4 Å². The van der Waals surface area contributed by atoms with E-state index in [1.54, 1.807) is 12.1 Å². The maximum Gasteiger partial charge on any atom is 0.259 e. The van der Waals surface area contributed by atoms with Gasteiger partial charge in [0.25, 0.3) is 5.91 Å². The van der Waals surface area contributed by atoms with Crippen molar-refractivity contribution in [1.29, 1.82) is 0 Å². The van der Waals surface area contributed by atoms with Gasteiger partial charge in [-0.1, -0.05) is 28.1 Å². The van der Waals surface area contributed by atoms with Crippen molar-refractivity contribution in [3.8, 4) is 5.75 Å². The minimum atomic E-state index is -0.565. The van der Waals surface area contributed by atoms with Crippen molar-refractivity contribution in [2.45, 2.75) is 0 Å². The number of hydrogen-bond donors (Lipinski definition) is 2. The van der Waals surface area contributed by atoms with Gasteiger partial charge in [-0.05, 0) is 30.3 Å². The third-order valence-electron chi connectivity index (χ3n) is 2.33. The summed E-state index contributed by atoms with van der Waals surface area (Å²) in [5.41, 5.74) is 0.148. The molecule has 1 amide bonds. The molecule has 0 aliphatic rings. The summed E-state index contributed by atoms with van der Waals surface area (Å²) in [6.45, 7) is 0. The van der Waals surface area contributed by atoms with E-state index < -0.39 is 11.7 Å². The molecule has 0 aromatic heterocycles. The number of amides is 1. The number of aromatic hydroxyl groups is 1. The lowest BCUT2D eigenvalue weighted by Gasteiger charge is -2.08. The van der Waals surface area contributed by atoms with Gasteiger partial charge in [0.15, 0.2) is 0 Å². The third kappa shape index (κ3) is 2.68. The van der Waals surface area contributed by atoms with Crippen molar-refractivity contribution in [3.05, 3.63) is 58.3 Å². The summed E-state index contributed by atoms with van der Waals surface area (Å²) in [5, 5.41) is 11.9. The van der Waals surface area contributed by atoms with E-state index in [0.29, 0.717) is 4.47 Å². The van der Waals surface area contributed by atoms with Crippen LogP contribution in [0.2, 0.25) is 0 Å². The molecule has 0 bridgehead atoms. The van der Waals surface area contributed by atoms with Crippen LogP contribution >= 0.6 is 15.9 Å². The quantitative estimate of drug-likeness (QED) is 0.891. The second kappa shape index (κ2) is 5.18. The highest BCUT2D eigenvalue weighted by atomic mass is 79.9. The average molecular weight is 310 g/mol. The number of benzene rings is 2. The first kappa shape index (κ1) is 12.6. The van der Waals surface area contributed by atoms with Crippen molar-refractivity contribution in [2.75, 3.05) is 5.32 Å². The average Bonchev–Trinajstić information content (AvgIpc) is 2.34. The van der Waals surface area contributed by atoms with Gasteiger partial charge in [0.05, 0.1) is 11.3 Å². The molecule has 0 radical (unpaired) electrons. The van der Waals surface area contributed by atoms with Crippen LogP contribution in [0.25, 0.3) is 0 Å². The SMILES string of the molecule is O=C(Nc1cc(Br)ccc1F)c1ccccc1O. The molecule has 2 aromatic rings. The Labute approximate surface area is 111 Å². The molecule has 0 unspecified atom stereocenters. The van der Waals surface area contributed by atoms with Gasteiger partial charge in [-0.25, -0.2) is 4.39 Å². The molecule has 0 aliphatic carbocycles. The molecule has 0 heterocycles. The first-order valence-corrected chi connectivity index (χ1v) is 5.91. The Kier molecular flexibility index (Phi) is 3.62. The monoisotopic (exact) mass is 309 g/mol. The first-order valence-electron chi connectivity index (χ1n) is 5.12. The second-order valence-corrected chi connectivity index (χ2v) is 4.51. The number of para-hydroxylation sites is 1. The fourth-order valence-electron chi connectivity index (χ4n) is 1.45. The van der Waals surface area contributed by atoms with Crippen LogP contribution in [0.3, 0.4) is 0 Å². The molecule has 18 heavy (non-hydrogen) atoms. The minimum Gasteiger partial charge on any atom is -0.507 e. The number of anilines is 1. The van der Waals surface area contributed by atoms with Crippen molar-refractivity contribution in [3.63, 3.8) is 0 Å². The Morgan fingerprint density at radius 3 is 2.67 bits per heavy atom. The van der Waals surface area contributed by atoms with Gasteiger partial charge in [0.1, 0.15) is 11.6 Å². The summed E-state index contributed by atoms with van der Waals surface area (Å²) in [5.74, 6) is -1.25. The largest absolute Gasteiger partial charge is 0.507 e. The third-order valence-corrected chi connectivity index (χ3v) is 2.82. The maximum absolute atomic E-state index is 13.4. The van der Waals surface area contributed by atoms with Gasteiger partial charge in [0.2, 0.25) is 0 Å². The Hall–Kier alpha value is -1.88. The standard InChI is InChI=1S/C13H9BrFNO2/c14-8-5-6-10(15)11(7-8)16-13(18)9-3-1-2-4-12(9)17/h1-7,17H,(H,16,18). The Morgan fingerprint density at radius 2 is 1.94 bits per heavy atom. The van der Waals surface area contributed by atoms with Crippen LogP contribution in [0.15, 0.2) is 46.9 Å². The zero-order chi connectivity index (χ0) is 13.1. The van der Waals surface area contributed by atoms with Crippen molar-refractivity contribution < 1.29 is 14.3 Å². The van der Waals surface area contributed by atoms with E-state index in [1.807, 2.05) is 0 Å². The number of halogens is 2. The summed E-state index contributed by atoms with van der Waals surface area (Å²) < 4.78 is 14.1. The van der Waals surface area contributed by atoms with Crippen LogP contribution in [0, 0.1) is 5.82 Å². The zero-order valence-corrected chi connectivity index (χ0v) is 10.7. The highest BCUT2D eigenvalue weighted by Crippen LogP contribution is 2.22. The number of carbonyl (C=O) groups excluding carboxylic acids is 1. The van der Waals surface area contributed by atoms with E-state index in [4.69, 9.17) is 0 Å². The van der Waals surface area contributed by atoms with E-state index in [-0.39, 0.29) is 17.0 Å². The molecule has 0 spiro atoms. The lowest BCUT2D eigenvalue weighted by atomic mass is 10.2. The van der Waals surface area contributed by atoms with Crippen LogP contribution in [0.1, 0.15) is 10.4 Å². The molecular weight excluding hydrogens is 301 g/mol. The Morgan fingerprint density at radius 1 is 1.22 bits per heavy atom. The van der Waals surface area contributed by atoms with Gasteiger partial charge in [0, 0.05) is 4.47 Å². The molecule has 2 aromatic carbocycles. The van der Waals surface area contributed by atoms with Crippen LogP contribution in [0.4, 0.5) is 10.1 Å². The van der Waals surface area contributed by atoms with Gasteiger partial charge in [-0.2, -0.15) is 0 Å². The van der Waals surface area contributed by atoms with E-state index in [9.17, 15) is 14.3 Å². The second-order valence-electron chi connectivity index (χ2n) is 3.60. The Bertz CT molecular complexity index is 601. The molecular formula is C13H9BrFNO2. The molecule has 3 nitrogen and oxygen atoms in total. The molecule has 0 fully saturated rings. The van der Waals surface area contributed by atoms with Crippen molar-refractivity contribution >= 4 is 27.5 Å². The molecule has 0 saturated carbocycles. The normalized spacial score (nSPS) is 10.1.